The molecule has 20 heavy (non-hydrogen) atoms. The molecule has 112 valence electrons. The lowest BCUT2D eigenvalue weighted by molar-refractivity contribution is 0.0636. The second kappa shape index (κ2) is 6.95. The number of ether oxygens (including phenoxy) is 1. The summed E-state index contributed by atoms with van der Waals surface area (Å²) < 4.78 is 5.22. The van der Waals surface area contributed by atoms with Crippen LogP contribution in [0.3, 0.4) is 0 Å². The molecule has 1 rings (SSSR count). The summed E-state index contributed by atoms with van der Waals surface area (Å²) in [5.74, 6) is 0. The van der Waals surface area contributed by atoms with Crippen molar-refractivity contribution in [3.05, 3.63) is 28.8 Å². The maximum Gasteiger partial charge on any atom is 0.412 e. The quantitative estimate of drug-likeness (QED) is 0.883. The van der Waals surface area contributed by atoms with Gasteiger partial charge < -0.3 is 9.84 Å². The van der Waals surface area contributed by atoms with Crippen molar-refractivity contribution >= 4 is 23.4 Å². The Morgan fingerprint density at radius 1 is 1.45 bits per heavy atom. The Morgan fingerprint density at radius 2 is 2.10 bits per heavy atom. The molecule has 0 bridgehead atoms. The minimum absolute atomic E-state index is 0.400. The van der Waals surface area contributed by atoms with Crippen molar-refractivity contribution in [1.29, 1.82) is 0 Å². The van der Waals surface area contributed by atoms with E-state index in [0.29, 0.717) is 23.6 Å². The molecule has 0 aromatic heterocycles. The number of benzene rings is 1. The van der Waals surface area contributed by atoms with Gasteiger partial charge in [-0.15, -0.1) is 0 Å². The topological polar surface area (TPSA) is 58.6 Å². The van der Waals surface area contributed by atoms with Crippen LogP contribution < -0.4 is 5.32 Å². The van der Waals surface area contributed by atoms with E-state index in [1.807, 2.05) is 20.8 Å². The van der Waals surface area contributed by atoms with Crippen LogP contribution in [0.15, 0.2) is 18.2 Å². The van der Waals surface area contributed by atoms with Gasteiger partial charge in [0.25, 0.3) is 0 Å². The van der Waals surface area contributed by atoms with Crippen LogP contribution >= 0.6 is 11.6 Å². The number of aliphatic hydroxyl groups excluding tert-OH is 1. The van der Waals surface area contributed by atoms with Gasteiger partial charge >= 0.3 is 6.09 Å². The highest BCUT2D eigenvalue weighted by Crippen LogP contribution is 2.23. The number of aliphatic hydroxyl groups is 1. The van der Waals surface area contributed by atoms with Gasteiger partial charge in [0.2, 0.25) is 0 Å². The number of anilines is 1. The van der Waals surface area contributed by atoms with E-state index in [-0.39, 0.29) is 0 Å². The summed E-state index contributed by atoms with van der Waals surface area (Å²) in [6, 6.07) is 5.24. The summed E-state index contributed by atoms with van der Waals surface area (Å²) >= 11 is 5.97. The molecule has 0 aliphatic heterocycles. The van der Waals surface area contributed by atoms with Gasteiger partial charge in [-0.2, -0.15) is 0 Å². The second-order valence-electron chi connectivity index (χ2n) is 5.82. The van der Waals surface area contributed by atoms with E-state index in [0.717, 1.165) is 5.56 Å². The molecule has 0 unspecified atom stereocenters. The number of nitrogens with one attached hydrogen (secondary N) is 1. The van der Waals surface area contributed by atoms with E-state index in [2.05, 4.69) is 5.32 Å². The van der Waals surface area contributed by atoms with Gasteiger partial charge in [-0.3, -0.25) is 5.32 Å². The normalized spacial score (nSPS) is 12.9. The average molecular weight is 300 g/mol. The fourth-order valence-electron chi connectivity index (χ4n) is 1.67. The van der Waals surface area contributed by atoms with E-state index in [9.17, 15) is 9.90 Å². The molecule has 0 fully saturated rings. The third kappa shape index (κ3) is 6.26. The highest BCUT2D eigenvalue weighted by Gasteiger charge is 2.17. The molecule has 2 N–H and O–H groups in total. The zero-order valence-electron chi connectivity index (χ0n) is 12.4. The molecule has 0 radical (unpaired) electrons. The number of carbonyl (C=O) groups is 1. The number of amides is 1. The summed E-state index contributed by atoms with van der Waals surface area (Å²) in [4.78, 5) is 11.8. The van der Waals surface area contributed by atoms with Crippen LogP contribution in [0.25, 0.3) is 0 Å². The van der Waals surface area contributed by atoms with Crippen molar-refractivity contribution in [1.82, 2.24) is 0 Å². The van der Waals surface area contributed by atoms with Crippen molar-refractivity contribution in [2.24, 2.45) is 0 Å². The molecule has 1 aromatic rings. The SMILES string of the molecule is C[C@@H](O)CCc1cc(Cl)ccc1NC(=O)OC(C)(C)C. The molecule has 0 saturated heterocycles. The number of hydrogen-bond donors (Lipinski definition) is 2. The van der Waals surface area contributed by atoms with Crippen LogP contribution in [-0.4, -0.2) is 22.9 Å². The van der Waals surface area contributed by atoms with Gasteiger partial charge in [-0.1, -0.05) is 11.6 Å². The van der Waals surface area contributed by atoms with Crippen molar-refractivity contribution in [2.45, 2.75) is 52.2 Å². The van der Waals surface area contributed by atoms with E-state index >= 15 is 0 Å². The minimum Gasteiger partial charge on any atom is -0.444 e. The monoisotopic (exact) mass is 299 g/mol. The number of halogens is 1. The molecular formula is C15H22ClNO3. The first kappa shape index (κ1) is 16.8. The summed E-state index contributed by atoms with van der Waals surface area (Å²) in [7, 11) is 0. The van der Waals surface area contributed by atoms with Gasteiger partial charge in [0.05, 0.1) is 6.10 Å². The van der Waals surface area contributed by atoms with E-state index in [4.69, 9.17) is 16.3 Å². The Morgan fingerprint density at radius 3 is 2.65 bits per heavy atom. The van der Waals surface area contributed by atoms with Crippen molar-refractivity contribution in [2.75, 3.05) is 5.32 Å². The lowest BCUT2D eigenvalue weighted by Gasteiger charge is -2.20. The maximum absolute atomic E-state index is 11.8. The van der Waals surface area contributed by atoms with Crippen LogP contribution in [0, 0.1) is 0 Å². The Kier molecular flexibility index (Phi) is 5.84. The van der Waals surface area contributed by atoms with E-state index in [1.54, 1.807) is 25.1 Å². The summed E-state index contributed by atoms with van der Waals surface area (Å²) in [6.45, 7) is 7.15. The predicted octanol–water partition coefficient (Wildman–Crippen LogP) is 4.00. The van der Waals surface area contributed by atoms with Crippen molar-refractivity contribution in [3.8, 4) is 0 Å². The molecule has 1 amide bonds. The highest BCUT2D eigenvalue weighted by atomic mass is 35.5. The average Bonchev–Trinajstić information content (AvgIpc) is 2.26. The molecule has 5 heteroatoms. The number of carbonyl (C=O) groups excluding carboxylic acids is 1. The number of hydrogen-bond acceptors (Lipinski definition) is 3. The van der Waals surface area contributed by atoms with Crippen LogP contribution in [0.2, 0.25) is 5.02 Å². The molecule has 0 spiro atoms. The largest absolute Gasteiger partial charge is 0.444 e. The predicted molar refractivity (Wildman–Crippen MR) is 81.3 cm³/mol. The third-order valence-corrected chi connectivity index (χ3v) is 2.77. The highest BCUT2D eigenvalue weighted by molar-refractivity contribution is 6.30. The Labute approximate surface area is 125 Å². The van der Waals surface area contributed by atoms with Gasteiger partial charge in [-0.25, -0.2) is 4.79 Å². The van der Waals surface area contributed by atoms with Gasteiger partial charge in [0, 0.05) is 10.7 Å². The van der Waals surface area contributed by atoms with Crippen molar-refractivity contribution < 1.29 is 14.6 Å². The first-order valence-electron chi connectivity index (χ1n) is 6.64. The fraction of sp³-hybridized carbons (Fsp3) is 0.533. The molecule has 0 aliphatic carbocycles. The molecular weight excluding hydrogens is 278 g/mol. The number of aryl methyl sites for hydroxylation is 1. The molecule has 0 saturated carbocycles. The molecule has 1 aromatic carbocycles. The van der Waals surface area contributed by atoms with Gasteiger partial charge in [0.1, 0.15) is 5.60 Å². The molecule has 0 heterocycles. The van der Waals surface area contributed by atoms with E-state index in [1.165, 1.54) is 0 Å². The van der Waals surface area contributed by atoms with Gasteiger partial charge in [-0.05, 0) is 64.3 Å². The summed E-state index contributed by atoms with van der Waals surface area (Å²) in [5.41, 5.74) is 0.990. The lowest BCUT2D eigenvalue weighted by Crippen LogP contribution is -2.27. The maximum atomic E-state index is 11.8. The smallest absolute Gasteiger partial charge is 0.412 e. The van der Waals surface area contributed by atoms with Crippen LogP contribution in [-0.2, 0) is 11.2 Å². The molecule has 4 nitrogen and oxygen atoms in total. The standard InChI is InChI=1S/C15H22ClNO3/c1-10(18)5-6-11-9-12(16)7-8-13(11)17-14(19)20-15(2,3)4/h7-10,18H,5-6H2,1-4H3,(H,17,19)/t10-/m1/s1. The first-order valence-corrected chi connectivity index (χ1v) is 7.01. The van der Waals surface area contributed by atoms with E-state index < -0.39 is 17.8 Å². The first-order chi connectivity index (χ1) is 9.17. The second-order valence-corrected chi connectivity index (χ2v) is 6.25. The lowest BCUT2D eigenvalue weighted by atomic mass is 10.1. The zero-order chi connectivity index (χ0) is 15.3. The Balaban J connectivity index is 2.80. The van der Waals surface area contributed by atoms with Gasteiger partial charge in [0.15, 0.2) is 0 Å². The van der Waals surface area contributed by atoms with Crippen LogP contribution in [0.5, 0.6) is 0 Å². The third-order valence-electron chi connectivity index (χ3n) is 2.53. The zero-order valence-corrected chi connectivity index (χ0v) is 13.1. The number of rotatable bonds is 4. The Bertz CT molecular complexity index is 467. The van der Waals surface area contributed by atoms with Crippen molar-refractivity contribution in [3.63, 3.8) is 0 Å². The summed E-state index contributed by atoms with van der Waals surface area (Å²) in [5, 5.41) is 12.7. The summed E-state index contributed by atoms with van der Waals surface area (Å²) in [6.07, 6.45) is 0.327. The fourth-order valence-corrected chi connectivity index (χ4v) is 1.86. The minimum atomic E-state index is -0.545. The molecule has 0 aliphatic rings. The Hall–Kier alpha value is -1.26. The molecule has 1 atom stereocenters. The van der Waals surface area contributed by atoms with Crippen LogP contribution in [0.1, 0.15) is 39.7 Å². The van der Waals surface area contributed by atoms with Crippen LogP contribution in [0.4, 0.5) is 10.5 Å².